The van der Waals surface area contributed by atoms with Crippen molar-refractivity contribution in [2.45, 2.75) is 13.1 Å². The highest BCUT2D eigenvalue weighted by Crippen LogP contribution is 2.36. The number of ether oxygens (including phenoxy) is 1. The zero-order chi connectivity index (χ0) is 24.4. The van der Waals surface area contributed by atoms with Gasteiger partial charge < -0.3 is 26.5 Å². The Hall–Kier alpha value is -3.92. The van der Waals surface area contributed by atoms with E-state index >= 15 is 0 Å². The number of nitrogen functional groups attached to an aromatic ring is 1. The van der Waals surface area contributed by atoms with Gasteiger partial charge in [0.25, 0.3) is 0 Å². The van der Waals surface area contributed by atoms with E-state index in [1.807, 2.05) is 54.6 Å². The molecule has 180 valence electrons. The van der Waals surface area contributed by atoms with Gasteiger partial charge in [-0.15, -0.1) is 0 Å². The number of urea groups is 1. The van der Waals surface area contributed by atoms with Crippen LogP contribution in [0.4, 0.5) is 22.0 Å². The van der Waals surface area contributed by atoms with E-state index in [9.17, 15) is 4.79 Å². The second-order valence-corrected chi connectivity index (χ2v) is 8.53. The lowest BCUT2D eigenvalue weighted by molar-refractivity contribution is 0.0342. The van der Waals surface area contributed by atoms with Crippen LogP contribution in [0.2, 0.25) is 0 Å². The summed E-state index contributed by atoms with van der Waals surface area (Å²) in [5.74, 6) is 0.347. The predicted molar refractivity (Wildman–Crippen MR) is 136 cm³/mol. The Labute approximate surface area is 203 Å². The van der Waals surface area contributed by atoms with Crippen molar-refractivity contribution in [1.82, 2.24) is 10.1 Å². The molecule has 0 saturated carbocycles. The number of anilines is 3. The molecule has 1 fully saturated rings. The molecule has 1 aliphatic rings. The number of hydrogen-bond acceptors (Lipinski definition) is 7. The number of nitrogens with two attached hydrogens (primary N) is 3. The number of fused-ring (bicyclic) bond motifs is 1. The summed E-state index contributed by atoms with van der Waals surface area (Å²) >= 11 is 0. The third kappa shape index (κ3) is 4.57. The highest BCUT2D eigenvalue weighted by molar-refractivity contribution is 6.03. The Morgan fingerprint density at radius 1 is 1.03 bits per heavy atom. The second-order valence-electron chi connectivity index (χ2n) is 8.53. The first-order chi connectivity index (χ1) is 17.0. The van der Waals surface area contributed by atoms with Crippen LogP contribution in [-0.2, 0) is 17.8 Å². The van der Waals surface area contributed by atoms with Crippen LogP contribution in [0.1, 0.15) is 11.1 Å². The summed E-state index contributed by atoms with van der Waals surface area (Å²) in [6.07, 6.45) is 0. The molecule has 1 aliphatic heterocycles. The van der Waals surface area contributed by atoms with Crippen molar-refractivity contribution in [3.8, 4) is 11.1 Å². The van der Waals surface area contributed by atoms with Crippen molar-refractivity contribution < 1.29 is 14.1 Å². The Morgan fingerprint density at radius 3 is 2.51 bits per heavy atom. The Kier molecular flexibility index (Phi) is 6.37. The van der Waals surface area contributed by atoms with Gasteiger partial charge in [-0.3, -0.25) is 9.80 Å². The van der Waals surface area contributed by atoms with E-state index in [1.165, 1.54) is 4.90 Å². The number of aromatic nitrogens is 1. The molecule has 9 heteroatoms. The summed E-state index contributed by atoms with van der Waals surface area (Å²) in [6, 6.07) is 18.5. The molecule has 0 aliphatic carbocycles. The largest absolute Gasteiger partial charge is 0.380 e. The maximum atomic E-state index is 12.3. The molecule has 2 amide bonds. The van der Waals surface area contributed by atoms with Gasteiger partial charge in [0.2, 0.25) is 0 Å². The predicted octanol–water partition coefficient (Wildman–Crippen LogP) is 3.58. The van der Waals surface area contributed by atoms with E-state index < -0.39 is 6.03 Å². The number of hydrogen-bond donors (Lipinski definition) is 3. The molecule has 3 aromatic carbocycles. The van der Waals surface area contributed by atoms with E-state index in [0.29, 0.717) is 29.3 Å². The maximum Gasteiger partial charge on any atom is 0.323 e. The quantitative estimate of drug-likeness (QED) is 0.390. The Morgan fingerprint density at radius 2 is 1.80 bits per heavy atom. The van der Waals surface area contributed by atoms with Crippen LogP contribution in [0.5, 0.6) is 0 Å². The topological polar surface area (TPSA) is 137 Å². The molecular formula is C26H28N6O3. The zero-order valence-electron chi connectivity index (χ0n) is 19.3. The Bertz CT molecular complexity index is 1350. The fraction of sp³-hybridized carbons (Fsp3) is 0.231. The summed E-state index contributed by atoms with van der Waals surface area (Å²) in [5, 5.41) is 4.82. The molecule has 2 heterocycles. The first kappa shape index (κ1) is 22.9. The minimum atomic E-state index is -0.579. The number of benzene rings is 3. The third-order valence-corrected chi connectivity index (χ3v) is 6.29. The number of rotatable bonds is 6. The van der Waals surface area contributed by atoms with Crippen molar-refractivity contribution in [2.24, 2.45) is 11.5 Å². The summed E-state index contributed by atoms with van der Waals surface area (Å²) in [5.41, 5.74) is 23.5. The summed E-state index contributed by atoms with van der Waals surface area (Å²) in [6.45, 7) is 4.31. The molecule has 0 bridgehead atoms. The van der Waals surface area contributed by atoms with Crippen LogP contribution >= 0.6 is 0 Å². The van der Waals surface area contributed by atoms with Gasteiger partial charge in [-0.25, -0.2) is 4.79 Å². The molecule has 4 aromatic rings. The lowest BCUT2D eigenvalue weighted by atomic mass is 9.98. The normalized spacial score (nSPS) is 14.3. The van der Waals surface area contributed by atoms with Gasteiger partial charge in [0, 0.05) is 31.7 Å². The average molecular weight is 473 g/mol. The molecule has 9 nitrogen and oxygen atoms in total. The monoisotopic (exact) mass is 472 g/mol. The van der Waals surface area contributed by atoms with Crippen LogP contribution in [-0.4, -0.2) is 42.4 Å². The van der Waals surface area contributed by atoms with Crippen molar-refractivity contribution in [3.63, 3.8) is 0 Å². The molecule has 35 heavy (non-hydrogen) atoms. The van der Waals surface area contributed by atoms with Gasteiger partial charge in [0.05, 0.1) is 30.0 Å². The first-order valence-corrected chi connectivity index (χ1v) is 11.5. The van der Waals surface area contributed by atoms with Gasteiger partial charge in [-0.1, -0.05) is 41.6 Å². The molecule has 1 saturated heterocycles. The first-order valence-electron chi connectivity index (χ1n) is 11.5. The third-order valence-electron chi connectivity index (χ3n) is 6.29. The fourth-order valence-corrected chi connectivity index (χ4v) is 4.51. The number of primary amides is 1. The molecule has 5 rings (SSSR count). The highest BCUT2D eigenvalue weighted by atomic mass is 16.5. The minimum absolute atomic E-state index is 0.347. The standard InChI is InChI=1S/C26H28N6O3/c27-15-17-2-1-3-21(14-17)32(26(29)33)20-7-4-18(5-8-20)22-9-6-19(16-31-10-12-34-13-11-31)24-23(22)25(28)30-35-24/h1-9,14H,10-13,15-16,27H2,(H2,28,30)(H2,29,33). The van der Waals surface area contributed by atoms with Crippen LogP contribution < -0.4 is 22.1 Å². The van der Waals surface area contributed by atoms with Gasteiger partial charge in [-0.05, 0) is 41.0 Å². The van der Waals surface area contributed by atoms with E-state index in [-0.39, 0.29) is 0 Å². The van der Waals surface area contributed by atoms with Crippen LogP contribution in [0.15, 0.2) is 65.2 Å². The van der Waals surface area contributed by atoms with Crippen molar-refractivity contribution >= 4 is 34.2 Å². The van der Waals surface area contributed by atoms with Crippen LogP contribution in [0.25, 0.3) is 22.1 Å². The smallest absolute Gasteiger partial charge is 0.323 e. The maximum absolute atomic E-state index is 12.3. The zero-order valence-corrected chi connectivity index (χ0v) is 19.3. The van der Waals surface area contributed by atoms with E-state index in [1.54, 1.807) is 0 Å². The molecule has 0 unspecified atom stereocenters. The van der Waals surface area contributed by atoms with E-state index in [0.717, 1.165) is 60.5 Å². The lowest BCUT2D eigenvalue weighted by Gasteiger charge is -2.26. The van der Waals surface area contributed by atoms with Crippen LogP contribution in [0.3, 0.4) is 0 Å². The van der Waals surface area contributed by atoms with Crippen molar-refractivity contribution in [2.75, 3.05) is 36.9 Å². The molecule has 0 atom stereocenters. The fourth-order valence-electron chi connectivity index (χ4n) is 4.51. The summed E-state index contributed by atoms with van der Waals surface area (Å²) in [4.78, 5) is 16.1. The number of morpholine rings is 1. The van der Waals surface area contributed by atoms with Crippen LogP contribution in [0, 0.1) is 0 Å². The van der Waals surface area contributed by atoms with Crippen molar-refractivity contribution in [3.05, 3.63) is 71.8 Å². The van der Waals surface area contributed by atoms with Gasteiger partial charge in [0.15, 0.2) is 11.4 Å². The minimum Gasteiger partial charge on any atom is -0.380 e. The lowest BCUT2D eigenvalue weighted by Crippen LogP contribution is -2.35. The second kappa shape index (κ2) is 9.75. The average Bonchev–Trinajstić information content (AvgIpc) is 3.27. The number of nitrogens with zero attached hydrogens (tertiary/aromatic N) is 3. The van der Waals surface area contributed by atoms with Gasteiger partial charge in [0.1, 0.15) is 0 Å². The number of amides is 2. The molecule has 1 aromatic heterocycles. The van der Waals surface area contributed by atoms with E-state index in [2.05, 4.69) is 16.1 Å². The number of carbonyl (C=O) groups excluding carboxylic acids is 1. The summed E-state index contributed by atoms with van der Waals surface area (Å²) < 4.78 is 11.1. The molecule has 0 radical (unpaired) electrons. The van der Waals surface area contributed by atoms with Crippen molar-refractivity contribution in [1.29, 1.82) is 0 Å². The number of carbonyl (C=O) groups is 1. The Balaban J connectivity index is 1.48. The molecular weight excluding hydrogens is 444 g/mol. The summed E-state index contributed by atoms with van der Waals surface area (Å²) in [7, 11) is 0. The van der Waals surface area contributed by atoms with Gasteiger partial charge in [-0.2, -0.15) is 0 Å². The SMILES string of the molecule is NCc1cccc(N(C(N)=O)c2ccc(-c3ccc(CN4CCOCC4)c4onc(N)c34)cc2)c1. The van der Waals surface area contributed by atoms with Gasteiger partial charge >= 0.3 is 6.03 Å². The van der Waals surface area contributed by atoms with E-state index in [4.69, 9.17) is 26.5 Å². The molecule has 6 N–H and O–H groups in total. The molecule has 0 spiro atoms. The highest BCUT2D eigenvalue weighted by Gasteiger charge is 2.20.